The molecule has 3 saturated heterocycles. The topological polar surface area (TPSA) is 80.0 Å². The second kappa shape index (κ2) is 8.16. The standard InChI is InChI=1S/C25H24FN7O/c1-16-2-7-23(33-28-9-10-29-33)21(12-16)24(34)32-15-20-5-4-19(32)8-11-31(20)25-27-14-17-13-18(26)3-6-22(17)30-25/h2-3,6-7,9-10,12-14,19-20H,4-5,8,11,15H2,1H3/t19-,20?/m1/s1. The molecule has 1 unspecified atom stereocenters. The molecule has 2 aromatic carbocycles. The van der Waals surface area contributed by atoms with Gasteiger partial charge in [0.2, 0.25) is 5.95 Å². The molecule has 0 radical (unpaired) electrons. The molecule has 0 N–H and O–H groups in total. The first-order valence-electron chi connectivity index (χ1n) is 11.5. The fourth-order valence-corrected chi connectivity index (χ4v) is 5.17. The zero-order valence-electron chi connectivity index (χ0n) is 18.8. The Morgan fingerprint density at radius 3 is 2.71 bits per heavy atom. The van der Waals surface area contributed by atoms with Crippen molar-refractivity contribution in [3.05, 3.63) is 71.9 Å². The number of benzene rings is 2. The Kier molecular flexibility index (Phi) is 4.97. The number of rotatable bonds is 3. The zero-order chi connectivity index (χ0) is 23.2. The number of hydrogen-bond acceptors (Lipinski definition) is 6. The van der Waals surface area contributed by atoms with Gasteiger partial charge in [0.05, 0.1) is 29.2 Å². The molecule has 3 fully saturated rings. The highest BCUT2D eigenvalue weighted by atomic mass is 19.1. The number of halogens is 1. The summed E-state index contributed by atoms with van der Waals surface area (Å²) in [5, 5.41) is 9.16. The van der Waals surface area contributed by atoms with Gasteiger partial charge in [-0.2, -0.15) is 15.0 Å². The van der Waals surface area contributed by atoms with Gasteiger partial charge in [-0.05, 0) is 56.5 Å². The Balaban J connectivity index is 1.31. The van der Waals surface area contributed by atoms with Crippen LogP contribution in [0.3, 0.4) is 0 Å². The van der Waals surface area contributed by atoms with Gasteiger partial charge < -0.3 is 9.80 Å². The molecular weight excluding hydrogens is 433 g/mol. The summed E-state index contributed by atoms with van der Waals surface area (Å²) < 4.78 is 13.6. The number of hydrogen-bond donors (Lipinski definition) is 0. The van der Waals surface area contributed by atoms with E-state index >= 15 is 0 Å². The Morgan fingerprint density at radius 2 is 1.85 bits per heavy atom. The molecule has 9 heteroatoms. The van der Waals surface area contributed by atoms with Gasteiger partial charge in [-0.15, -0.1) is 0 Å². The third kappa shape index (κ3) is 3.57. The van der Waals surface area contributed by atoms with Gasteiger partial charge in [0.1, 0.15) is 5.82 Å². The molecule has 3 aliphatic rings. The molecule has 1 amide bonds. The molecule has 34 heavy (non-hydrogen) atoms. The summed E-state index contributed by atoms with van der Waals surface area (Å²) in [5.41, 5.74) is 3.03. The summed E-state index contributed by atoms with van der Waals surface area (Å²) in [6, 6.07) is 10.6. The van der Waals surface area contributed by atoms with Crippen LogP contribution in [0.25, 0.3) is 16.6 Å². The Hall–Kier alpha value is -3.88. The highest BCUT2D eigenvalue weighted by Crippen LogP contribution is 2.32. The summed E-state index contributed by atoms with van der Waals surface area (Å²) >= 11 is 0. The van der Waals surface area contributed by atoms with Crippen molar-refractivity contribution in [2.75, 3.05) is 18.0 Å². The number of piperidine rings is 1. The number of aromatic nitrogens is 5. The third-order valence-corrected chi connectivity index (χ3v) is 6.89. The van der Waals surface area contributed by atoms with Crippen molar-refractivity contribution in [2.24, 2.45) is 0 Å². The van der Waals surface area contributed by atoms with Crippen molar-refractivity contribution in [1.82, 2.24) is 29.9 Å². The number of carbonyl (C=O) groups excluding carboxylic acids is 1. The van der Waals surface area contributed by atoms with Crippen molar-refractivity contribution < 1.29 is 9.18 Å². The molecule has 0 saturated carbocycles. The van der Waals surface area contributed by atoms with Gasteiger partial charge in [-0.3, -0.25) is 4.79 Å². The average molecular weight is 458 g/mol. The Morgan fingerprint density at radius 1 is 1.03 bits per heavy atom. The van der Waals surface area contributed by atoms with E-state index in [1.54, 1.807) is 24.7 Å². The second-order valence-corrected chi connectivity index (χ2v) is 9.04. The summed E-state index contributed by atoms with van der Waals surface area (Å²) in [7, 11) is 0. The van der Waals surface area contributed by atoms with Crippen molar-refractivity contribution in [3.63, 3.8) is 0 Å². The molecule has 5 heterocycles. The second-order valence-electron chi connectivity index (χ2n) is 9.04. The molecule has 172 valence electrons. The first kappa shape index (κ1) is 20.7. The van der Waals surface area contributed by atoms with E-state index in [0.29, 0.717) is 34.6 Å². The molecule has 0 spiro atoms. The maximum atomic E-state index is 13.8. The van der Waals surface area contributed by atoms with Gasteiger partial charge in [-0.1, -0.05) is 11.6 Å². The Labute approximate surface area is 196 Å². The van der Waals surface area contributed by atoms with Crippen LogP contribution in [0.2, 0.25) is 0 Å². The smallest absolute Gasteiger partial charge is 0.256 e. The lowest BCUT2D eigenvalue weighted by molar-refractivity contribution is 0.0612. The van der Waals surface area contributed by atoms with Crippen LogP contribution < -0.4 is 4.90 Å². The lowest BCUT2D eigenvalue weighted by Gasteiger charge is -2.38. The van der Waals surface area contributed by atoms with Crippen molar-refractivity contribution in [3.8, 4) is 5.69 Å². The normalized spacial score (nSPS) is 20.1. The first-order valence-corrected chi connectivity index (χ1v) is 11.5. The van der Waals surface area contributed by atoms with Crippen molar-refractivity contribution in [1.29, 1.82) is 0 Å². The fraction of sp³-hybridized carbons (Fsp3) is 0.320. The number of nitrogens with zero attached hydrogens (tertiary/aromatic N) is 7. The van der Waals surface area contributed by atoms with Crippen LogP contribution in [-0.4, -0.2) is 60.9 Å². The molecule has 4 aromatic rings. The van der Waals surface area contributed by atoms with E-state index in [2.05, 4.69) is 20.1 Å². The van der Waals surface area contributed by atoms with Crippen LogP contribution in [0.15, 0.2) is 55.0 Å². The van der Waals surface area contributed by atoms with Gasteiger partial charge in [0.15, 0.2) is 0 Å². The van der Waals surface area contributed by atoms with Crippen LogP contribution in [0, 0.1) is 12.7 Å². The summed E-state index contributed by atoms with van der Waals surface area (Å²) in [6.07, 6.45) is 7.65. The molecular formula is C25H24FN7O. The molecule has 2 aromatic heterocycles. The van der Waals surface area contributed by atoms with Crippen LogP contribution in [-0.2, 0) is 0 Å². The summed E-state index contributed by atoms with van der Waals surface area (Å²) in [6.45, 7) is 3.36. The molecule has 2 bridgehead atoms. The third-order valence-electron chi connectivity index (χ3n) is 6.89. The summed E-state index contributed by atoms with van der Waals surface area (Å²) in [4.78, 5) is 28.8. The number of aryl methyl sites for hydroxylation is 1. The van der Waals surface area contributed by atoms with E-state index in [1.165, 1.54) is 16.9 Å². The number of anilines is 1. The predicted octanol–water partition coefficient (Wildman–Crippen LogP) is 3.54. The lowest BCUT2D eigenvalue weighted by atomic mass is 9.97. The predicted molar refractivity (Wildman–Crippen MR) is 125 cm³/mol. The van der Waals surface area contributed by atoms with E-state index in [-0.39, 0.29) is 23.8 Å². The van der Waals surface area contributed by atoms with E-state index in [9.17, 15) is 9.18 Å². The van der Waals surface area contributed by atoms with E-state index < -0.39 is 0 Å². The average Bonchev–Trinajstić information content (AvgIpc) is 3.23. The van der Waals surface area contributed by atoms with E-state index in [4.69, 9.17) is 4.98 Å². The minimum Gasteiger partial charge on any atom is -0.336 e. The maximum absolute atomic E-state index is 13.8. The minimum atomic E-state index is -0.299. The van der Waals surface area contributed by atoms with Crippen LogP contribution in [0.1, 0.15) is 35.2 Å². The number of amides is 1. The fourth-order valence-electron chi connectivity index (χ4n) is 5.17. The van der Waals surface area contributed by atoms with E-state index in [0.717, 1.165) is 31.4 Å². The molecule has 8 nitrogen and oxygen atoms in total. The Bertz CT molecular complexity index is 1370. The van der Waals surface area contributed by atoms with Gasteiger partial charge in [-0.25, -0.2) is 14.4 Å². The van der Waals surface area contributed by atoms with Crippen LogP contribution in [0.5, 0.6) is 0 Å². The molecule has 0 aliphatic carbocycles. The zero-order valence-corrected chi connectivity index (χ0v) is 18.8. The van der Waals surface area contributed by atoms with Crippen molar-refractivity contribution >= 4 is 22.8 Å². The quantitative estimate of drug-likeness (QED) is 0.468. The van der Waals surface area contributed by atoms with Gasteiger partial charge in [0.25, 0.3) is 5.91 Å². The van der Waals surface area contributed by atoms with Crippen molar-refractivity contribution in [2.45, 2.75) is 38.3 Å². The van der Waals surface area contributed by atoms with Gasteiger partial charge in [0, 0.05) is 36.8 Å². The largest absolute Gasteiger partial charge is 0.336 e. The number of fused-ring (bicyclic) bond motifs is 5. The number of carbonyl (C=O) groups is 1. The van der Waals surface area contributed by atoms with Crippen LogP contribution >= 0.6 is 0 Å². The highest BCUT2D eigenvalue weighted by molar-refractivity contribution is 5.98. The van der Waals surface area contributed by atoms with E-state index in [1.807, 2.05) is 30.0 Å². The minimum absolute atomic E-state index is 0.00227. The highest BCUT2D eigenvalue weighted by Gasteiger charge is 2.39. The monoisotopic (exact) mass is 457 g/mol. The van der Waals surface area contributed by atoms with Gasteiger partial charge >= 0.3 is 0 Å². The molecule has 3 aliphatic heterocycles. The summed E-state index contributed by atoms with van der Waals surface area (Å²) in [5.74, 6) is 0.339. The van der Waals surface area contributed by atoms with Crippen LogP contribution in [0.4, 0.5) is 10.3 Å². The SMILES string of the molecule is Cc1ccc(-n2nccn2)c(C(=O)N2CC3CC[C@@H]2CCN3c2ncc3cc(F)ccc3n2)c1. The first-order chi connectivity index (χ1) is 16.6. The molecule has 2 atom stereocenters. The molecule has 7 rings (SSSR count). The lowest BCUT2D eigenvalue weighted by Crippen LogP contribution is -2.50. The maximum Gasteiger partial charge on any atom is 0.256 e.